The van der Waals surface area contributed by atoms with E-state index in [0.29, 0.717) is 5.92 Å². The van der Waals surface area contributed by atoms with Crippen molar-refractivity contribution in [1.29, 1.82) is 0 Å². The Kier molecular flexibility index (Phi) is 3.81. The van der Waals surface area contributed by atoms with Crippen molar-refractivity contribution in [3.8, 4) is 5.75 Å². The Labute approximate surface area is 80.7 Å². The molecule has 0 spiro atoms. The van der Waals surface area contributed by atoms with E-state index in [1.807, 2.05) is 13.0 Å². The summed E-state index contributed by atoms with van der Waals surface area (Å²) in [5.74, 6) is 1.69. The van der Waals surface area contributed by atoms with E-state index in [1.165, 1.54) is 5.56 Å². The van der Waals surface area contributed by atoms with E-state index >= 15 is 0 Å². The first-order valence-corrected chi connectivity index (χ1v) is 4.94. The maximum atomic E-state index is 5.43. The number of hydrogen-bond donors (Lipinski definition) is 0. The van der Waals surface area contributed by atoms with Crippen LogP contribution in [0.4, 0.5) is 0 Å². The van der Waals surface area contributed by atoms with Gasteiger partial charge < -0.3 is 4.74 Å². The van der Waals surface area contributed by atoms with Crippen LogP contribution in [0.2, 0.25) is 0 Å². The smallest absolute Gasteiger partial charge is 0.119 e. The molecule has 0 amide bonds. The van der Waals surface area contributed by atoms with E-state index in [2.05, 4.69) is 32.0 Å². The van der Waals surface area contributed by atoms with Crippen LogP contribution in [0.15, 0.2) is 24.3 Å². The molecule has 0 saturated heterocycles. The molecule has 1 heteroatoms. The zero-order valence-electron chi connectivity index (χ0n) is 8.71. The predicted octanol–water partition coefficient (Wildman–Crippen LogP) is 3.28. The van der Waals surface area contributed by atoms with Gasteiger partial charge in [-0.25, -0.2) is 0 Å². The van der Waals surface area contributed by atoms with E-state index < -0.39 is 0 Å². The van der Waals surface area contributed by atoms with Crippen LogP contribution < -0.4 is 4.74 Å². The average Bonchev–Trinajstić information content (AvgIpc) is 2.04. The third-order valence-electron chi connectivity index (χ3n) is 1.85. The second-order valence-corrected chi connectivity index (χ2v) is 3.68. The zero-order valence-corrected chi connectivity index (χ0v) is 8.71. The molecule has 1 aromatic rings. The topological polar surface area (TPSA) is 9.23 Å². The minimum atomic E-state index is 0.705. The highest BCUT2D eigenvalue weighted by atomic mass is 16.5. The van der Waals surface area contributed by atoms with Gasteiger partial charge in [-0.1, -0.05) is 26.0 Å². The lowest BCUT2D eigenvalue weighted by molar-refractivity contribution is 0.340. The first-order valence-electron chi connectivity index (χ1n) is 4.94. The number of ether oxygens (including phenoxy) is 1. The van der Waals surface area contributed by atoms with Crippen molar-refractivity contribution >= 4 is 0 Å². The van der Waals surface area contributed by atoms with Crippen LogP contribution in [-0.2, 0) is 6.42 Å². The molecule has 0 radical (unpaired) electrons. The number of benzene rings is 1. The highest BCUT2D eigenvalue weighted by Crippen LogP contribution is 2.15. The summed E-state index contributed by atoms with van der Waals surface area (Å²) in [5, 5.41) is 0. The van der Waals surface area contributed by atoms with Crippen LogP contribution >= 0.6 is 0 Å². The molecule has 0 atom stereocenters. The summed E-state index contributed by atoms with van der Waals surface area (Å²) in [6, 6.07) is 8.35. The van der Waals surface area contributed by atoms with E-state index in [0.717, 1.165) is 18.8 Å². The summed E-state index contributed by atoms with van der Waals surface area (Å²) in [7, 11) is 0. The molecule has 0 aromatic heterocycles. The van der Waals surface area contributed by atoms with Gasteiger partial charge in [-0.2, -0.15) is 0 Å². The van der Waals surface area contributed by atoms with Gasteiger partial charge in [0, 0.05) is 0 Å². The molecule has 13 heavy (non-hydrogen) atoms. The van der Waals surface area contributed by atoms with Crippen LogP contribution in [-0.4, -0.2) is 6.61 Å². The maximum Gasteiger partial charge on any atom is 0.119 e. The van der Waals surface area contributed by atoms with Crippen molar-refractivity contribution in [2.75, 3.05) is 6.61 Å². The van der Waals surface area contributed by atoms with Crippen molar-refractivity contribution in [2.45, 2.75) is 27.2 Å². The Balaban J connectivity index is 2.67. The summed E-state index contributed by atoms with van der Waals surface area (Å²) in [5.41, 5.74) is 1.36. The van der Waals surface area contributed by atoms with Gasteiger partial charge in [0.05, 0.1) is 6.61 Å². The monoisotopic (exact) mass is 178 g/mol. The van der Waals surface area contributed by atoms with Crippen molar-refractivity contribution in [2.24, 2.45) is 5.92 Å². The third kappa shape index (κ3) is 3.49. The van der Waals surface area contributed by atoms with Crippen molar-refractivity contribution < 1.29 is 4.74 Å². The van der Waals surface area contributed by atoms with Crippen molar-refractivity contribution in [3.05, 3.63) is 29.8 Å². The van der Waals surface area contributed by atoms with Gasteiger partial charge >= 0.3 is 0 Å². The summed E-state index contributed by atoms with van der Waals surface area (Å²) in [4.78, 5) is 0. The normalized spacial score (nSPS) is 10.5. The van der Waals surface area contributed by atoms with Crippen LogP contribution in [0.1, 0.15) is 26.3 Å². The van der Waals surface area contributed by atoms with Gasteiger partial charge in [0.2, 0.25) is 0 Å². The molecule has 1 nitrogen and oxygen atoms in total. The van der Waals surface area contributed by atoms with E-state index in [9.17, 15) is 0 Å². The van der Waals surface area contributed by atoms with Crippen LogP contribution in [0.5, 0.6) is 5.75 Å². The SMILES string of the molecule is CCOc1cccc(CC(C)C)c1. The molecule has 0 bridgehead atoms. The summed E-state index contributed by atoms with van der Waals surface area (Å²) in [6.45, 7) is 7.21. The van der Waals surface area contributed by atoms with Crippen molar-refractivity contribution in [1.82, 2.24) is 0 Å². The third-order valence-corrected chi connectivity index (χ3v) is 1.85. The molecule has 0 heterocycles. The Hall–Kier alpha value is -0.980. The van der Waals surface area contributed by atoms with Gasteiger partial charge in [-0.3, -0.25) is 0 Å². The molecule has 0 fully saturated rings. The van der Waals surface area contributed by atoms with Crippen LogP contribution in [0.25, 0.3) is 0 Å². The number of rotatable bonds is 4. The second kappa shape index (κ2) is 4.90. The van der Waals surface area contributed by atoms with Crippen LogP contribution in [0.3, 0.4) is 0 Å². The van der Waals surface area contributed by atoms with Crippen LogP contribution in [0, 0.1) is 5.92 Å². The quantitative estimate of drug-likeness (QED) is 0.687. The highest BCUT2D eigenvalue weighted by molar-refractivity contribution is 5.28. The Morgan fingerprint density at radius 2 is 2.08 bits per heavy atom. The lowest BCUT2D eigenvalue weighted by Gasteiger charge is -2.07. The fraction of sp³-hybridized carbons (Fsp3) is 0.500. The maximum absolute atomic E-state index is 5.43. The summed E-state index contributed by atoms with van der Waals surface area (Å²) in [6.07, 6.45) is 1.13. The van der Waals surface area contributed by atoms with E-state index in [-0.39, 0.29) is 0 Å². The summed E-state index contributed by atoms with van der Waals surface area (Å²) >= 11 is 0. The molecule has 72 valence electrons. The lowest BCUT2D eigenvalue weighted by atomic mass is 10.0. The molecule has 0 saturated carbocycles. The Bertz CT molecular complexity index is 253. The second-order valence-electron chi connectivity index (χ2n) is 3.68. The van der Waals surface area contributed by atoms with Gasteiger partial charge in [0.1, 0.15) is 5.75 Å². The predicted molar refractivity (Wildman–Crippen MR) is 56.2 cm³/mol. The largest absolute Gasteiger partial charge is 0.494 e. The Morgan fingerprint density at radius 3 is 2.69 bits per heavy atom. The molecule has 0 aliphatic rings. The number of hydrogen-bond acceptors (Lipinski definition) is 1. The van der Waals surface area contributed by atoms with Gasteiger partial charge in [-0.15, -0.1) is 0 Å². The fourth-order valence-electron chi connectivity index (χ4n) is 1.40. The summed E-state index contributed by atoms with van der Waals surface area (Å²) < 4.78 is 5.43. The fourth-order valence-corrected chi connectivity index (χ4v) is 1.40. The highest BCUT2D eigenvalue weighted by Gasteiger charge is 1.98. The molecular formula is C12H18O. The van der Waals surface area contributed by atoms with E-state index in [1.54, 1.807) is 0 Å². The lowest BCUT2D eigenvalue weighted by Crippen LogP contribution is -1.96. The standard InChI is InChI=1S/C12H18O/c1-4-13-12-7-5-6-11(9-12)8-10(2)3/h5-7,9-10H,4,8H2,1-3H3. The molecule has 0 aliphatic heterocycles. The minimum Gasteiger partial charge on any atom is -0.494 e. The minimum absolute atomic E-state index is 0.705. The molecule has 0 N–H and O–H groups in total. The molecule has 0 aliphatic carbocycles. The Morgan fingerprint density at radius 1 is 1.31 bits per heavy atom. The zero-order chi connectivity index (χ0) is 9.68. The first-order chi connectivity index (χ1) is 6.22. The average molecular weight is 178 g/mol. The molecule has 1 rings (SSSR count). The molecule has 0 unspecified atom stereocenters. The van der Waals surface area contributed by atoms with Gasteiger partial charge in [-0.05, 0) is 37.0 Å². The first kappa shape index (κ1) is 10.1. The molecule has 1 aromatic carbocycles. The van der Waals surface area contributed by atoms with Gasteiger partial charge in [0.25, 0.3) is 0 Å². The van der Waals surface area contributed by atoms with Gasteiger partial charge in [0.15, 0.2) is 0 Å². The van der Waals surface area contributed by atoms with Crippen molar-refractivity contribution in [3.63, 3.8) is 0 Å². The van der Waals surface area contributed by atoms with E-state index in [4.69, 9.17) is 4.74 Å². The molecular weight excluding hydrogens is 160 g/mol.